The van der Waals surface area contributed by atoms with Crippen molar-refractivity contribution in [1.82, 2.24) is 9.88 Å². The Morgan fingerprint density at radius 2 is 1.89 bits per heavy atom. The number of aryl methyl sites for hydroxylation is 2. The van der Waals surface area contributed by atoms with Crippen LogP contribution in [0.15, 0.2) is 36.4 Å². The van der Waals surface area contributed by atoms with E-state index in [1.165, 1.54) is 11.3 Å². The molecule has 0 radical (unpaired) electrons. The smallest absolute Gasteiger partial charge is 0.260 e. The van der Waals surface area contributed by atoms with Crippen LogP contribution in [0, 0.1) is 13.8 Å². The van der Waals surface area contributed by atoms with Crippen LogP contribution in [0.2, 0.25) is 0 Å². The summed E-state index contributed by atoms with van der Waals surface area (Å²) in [7, 11) is 5.65. The number of ether oxygens (including phenoxy) is 1. The zero-order valence-corrected chi connectivity index (χ0v) is 17.3. The summed E-state index contributed by atoms with van der Waals surface area (Å²) >= 11 is 1.53. The van der Waals surface area contributed by atoms with Crippen LogP contribution in [-0.2, 0) is 0 Å². The third kappa shape index (κ3) is 4.28. The van der Waals surface area contributed by atoms with Gasteiger partial charge < -0.3 is 9.64 Å². The van der Waals surface area contributed by atoms with Gasteiger partial charge in [-0.3, -0.25) is 9.69 Å². The van der Waals surface area contributed by atoms with E-state index in [1.54, 1.807) is 12.0 Å². The van der Waals surface area contributed by atoms with Crippen molar-refractivity contribution in [2.75, 3.05) is 39.2 Å². The standard InChI is InChI=1S/C21H25N3O2S/c1-14-6-8-17(15(2)12-14)20(25)24(11-10-23(3)4)21-22-18-13-16(26-5)7-9-19(18)27-21/h6-9,12-13H,10-11H2,1-5H3. The highest BCUT2D eigenvalue weighted by Gasteiger charge is 2.22. The van der Waals surface area contributed by atoms with Crippen molar-refractivity contribution in [3.63, 3.8) is 0 Å². The van der Waals surface area contributed by atoms with Gasteiger partial charge in [0.2, 0.25) is 0 Å². The maximum Gasteiger partial charge on any atom is 0.260 e. The minimum atomic E-state index is -0.0135. The predicted molar refractivity (Wildman–Crippen MR) is 112 cm³/mol. The molecule has 1 heterocycles. The minimum Gasteiger partial charge on any atom is -0.497 e. The lowest BCUT2D eigenvalue weighted by molar-refractivity contribution is 0.0984. The molecule has 0 N–H and O–H groups in total. The molecule has 0 bridgehead atoms. The van der Waals surface area contributed by atoms with Gasteiger partial charge in [-0.1, -0.05) is 29.0 Å². The molecule has 0 unspecified atom stereocenters. The fourth-order valence-corrected chi connectivity index (χ4v) is 3.89. The van der Waals surface area contributed by atoms with Gasteiger partial charge in [0.05, 0.1) is 17.3 Å². The van der Waals surface area contributed by atoms with Gasteiger partial charge in [0.15, 0.2) is 5.13 Å². The van der Waals surface area contributed by atoms with E-state index in [1.807, 2.05) is 64.3 Å². The molecular weight excluding hydrogens is 358 g/mol. The van der Waals surface area contributed by atoms with E-state index in [0.717, 1.165) is 39.2 Å². The highest BCUT2D eigenvalue weighted by atomic mass is 32.1. The maximum atomic E-state index is 13.3. The topological polar surface area (TPSA) is 45.7 Å². The monoisotopic (exact) mass is 383 g/mol. The number of carbonyl (C=O) groups excluding carboxylic acids is 1. The summed E-state index contributed by atoms with van der Waals surface area (Å²) in [6, 6.07) is 11.7. The Morgan fingerprint density at radius 1 is 1.11 bits per heavy atom. The minimum absolute atomic E-state index is 0.0135. The SMILES string of the molecule is COc1ccc2sc(N(CCN(C)C)C(=O)c3ccc(C)cc3C)nc2c1. The van der Waals surface area contributed by atoms with Crippen molar-refractivity contribution in [1.29, 1.82) is 0 Å². The average molecular weight is 384 g/mol. The third-order valence-corrected chi connectivity index (χ3v) is 5.50. The first-order valence-electron chi connectivity index (χ1n) is 8.87. The van der Waals surface area contributed by atoms with E-state index in [0.29, 0.717) is 11.7 Å². The highest BCUT2D eigenvalue weighted by molar-refractivity contribution is 7.22. The molecule has 1 amide bonds. The van der Waals surface area contributed by atoms with Crippen LogP contribution in [0.1, 0.15) is 21.5 Å². The van der Waals surface area contributed by atoms with Crippen LogP contribution < -0.4 is 9.64 Å². The molecule has 0 saturated heterocycles. The Hall–Kier alpha value is -2.44. The number of amides is 1. The fraction of sp³-hybridized carbons (Fsp3) is 0.333. The summed E-state index contributed by atoms with van der Waals surface area (Å²) in [5.41, 5.74) is 3.70. The number of thiazole rings is 1. The number of hydrogen-bond acceptors (Lipinski definition) is 5. The molecule has 0 saturated carbocycles. The number of likely N-dealkylation sites (N-methyl/N-ethyl adjacent to an activating group) is 1. The van der Waals surface area contributed by atoms with E-state index in [-0.39, 0.29) is 5.91 Å². The molecule has 142 valence electrons. The molecule has 0 atom stereocenters. The van der Waals surface area contributed by atoms with Crippen molar-refractivity contribution in [2.45, 2.75) is 13.8 Å². The zero-order valence-electron chi connectivity index (χ0n) is 16.4. The molecule has 0 aliphatic rings. The number of rotatable bonds is 6. The summed E-state index contributed by atoms with van der Waals surface area (Å²) in [6.07, 6.45) is 0. The van der Waals surface area contributed by atoms with Crippen molar-refractivity contribution in [2.24, 2.45) is 0 Å². The van der Waals surface area contributed by atoms with Crippen molar-refractivity contribution >= 4 is 32.6 Å². The molecule has 1 aromatic heterocycles. The number of anilines is 1. The molecule has 0 fully saturated rings. The molecule has 0 spiro atoms. The van der Waals surface area contributed by atoms with Crippen LogP contribution >= 0.6 is 11.3 Å². The lowest BCUT2D eigenvalue weighted by Crippen LogP contribution is -2.37. The highest BCUT2D eigenvalue weighted by Crippen LogP contribution is 2.32. The quantitative estimate of drug-likeness (QED) is 0.642. The second-order valence-electron chi connectivity index (χ2n) is 6.91. The second kappa shape index (κ2) is 8.06. The Bertz CT molecular complexity index is 965. The van der Waals surface area contributed by atoms with Crippen molar-refractivity contribution < 1.29 is 9.53 Å². The van der Waals surface area contributed by atoms with Crippen LogP contribution in [0.5, 0.6) is 5.75 Å². The van der Waals surface area contributed by atoms with Crippen LogP contribution in [-0.4, -0.2) is 50.1 Å². The van der Waals surface area contributed by atoms with Crippen LogP contribution in [0.4, 0.5) is 5.13 Å². The Labute approximate surface area is 164 Å². The number of aromatic nitrogens is 1. The van der Waals surface area contributed by atoms with Crippen LogP contribution in [0.3, 0.4) is 0 Å². The van der Waals surface area contributed by atoms with E-state index in [9.17, 15) is 4.79 Å². The molecule has 5 nitrogen and oxygen atoms in total. The van der Waals surface area contributed by atoms with E-state index < -0.39 is 0 Å². The summed E-state index contributed by atoms with van der Waals surface area (Å²) in [6.45, 7) is 5.35. The molecule has 0 aliphatic heterocycles. The Kier molecular flexibility index (Phi) is 5.77. The fourth-order valence-electron chi connectivity index (χ4n) is 2.92. The number of nitrogens with zero attached hydrogens (tertiary/aromatic N) is 3. The van der Waals surface area contributed by atoms with E-state index >= 15 is 0 Å². The summed E-state index contributed by atoms with van der Waals surface area (Å²) in [5.74, 6) is 0.750. The Balaban J connectivity index is 2.01. The lowest BCUT2D eigenvalue weighted by atomic mass is 10.0. The molecule has 6 heteroatoms. The first-order valence-corrected chi connectivity index (χ1v) is 9.69. The van der Waals surface area contributed by atoms with Gasteiger partial charge in [-0.05, 0) is 51.7 Å². The van der Waals surface area contributed by atoms with Gasteiger partial charge in [0.1, 0.15) is 5.75 Å². The van der Waals surface area contributed by atoms with Gasteiger partial charge in [0, 0.05) is 24.7 Å². The number of fused-ring (bicyclic) bond motifs is 1. The molecule has 27 heavy (non-hydrogen) atoms. The van der Waals surface area contributed by atoms with Gasteiger partial charge >= 0.3 is 0 Å². The molecule has 3 rings (SSSR count). The van der Waals surface area contributed by atoms with Crippen molar-refractivity contribution in [3.8, 4) is 5.75 Å². The largest absolute Gasteiger partial charge is 0.497 e. The molecule has 3 aromatic rings. The van der Waals surface area contributed by atoms with Gasteiger partial charge in [-0.15, -0.1) is 0 Å². The number of methoxy groups -OCH3 is 1. The summed E-state index contributed by atoms with van der Waals surface area (Å²) in [4.78, 5) is 21.9. The normalized spacial score (nSPS) is 11.2. The Morgan fingerprint density at radius 3 is 2.56 bits per heavy atom. The van der Waals surface area contributed by atoms with Crippen molar-refractivity contribution in [3.05, 3.63) is 53.1 Å². The van der Waals surface area contributed by atoms with Gasteiger partial charge in [0.25, 0.3) is 5.91 Å². The molecule has 0 aliphatic carbocycles. The second-order valence-corrected chi connectivity index (χ2v) is 7.92. The van der Waals surface area contributed by atoms with Gasteiger partial charge in [-0.2, -0.15) is 0 Å². The number of benzene rings is 2. The zero-order chi connectivity index (χ0) is 19.6. The lowest BCUT2D eigenvalue weighted by Gasteiger charge is -2.22. The first kappa shape index (κ1) is 19.3. The average Bonchev–Trinajstić information content (AvgIpc) is 3.04. The first-order chi connectivity index (χ1) is 12.9. The predicted octanol–water partition coefficient (Wildman–Crippen LogP) is 4.13. The number of carbonyl (C=O) groups is 1. The molecular formula is C21H25N3O2S. The van der Waals surface area contributed by atoms with Gasteiger partial charge in [-0.25, -0.2) is 4.98 Å². The van der Waals surface area contributed by atoms with E-state index in [4.69, 9.17) is 9.72 Å². The number of hydrogen-bond donors (Lipinski definition) is 0. The van der Waals surface area contributed by atoms with E-state index in [2.05, 4.69) is 4.90 Å². The summed E-state index contributed by atoms with van der Waals surface area (Å²) < 4.78 is 6.33. The summed E-state index contributed by atoms with van der Waals surface area (Å²) in [5, 5.41) is 0.713. The maximum absolute atomic E-state index is 13.3. The third-order valence-electron chi connectivity index (χ3n) is 4.44. The molecule has 2 aromatic carbocycles. The van der Waals surface area contributed by atoms with Crippen LogP contribution in [0.25, 0.3) is 10.2 Å².